The lowest BCUT2D eigenvalue weighted by Gasteiger charge is -2.33. The van der Waals surface area contributed by atoms with Crippen molar-refractivity contribution in [2.75, 3.05) is 0 Å². The highest BCUT2D eigenvalue weighted by Crippen LogP contribution is 2.56. The van der Waals surface area contributed by atoms with Crippen molar-refractivity contribution >= 4 is 143 Å². The lowest BCUT2D eigenvalue weighted by Crippen LogP contribution is -2.60. The van der Waals surface area contributed by atoms with Gasteiger partial charge in [0.1, 0.15) is 7.85 Å². The van der Waals surface area contributed by atoms with E-state index in [1.54, 1.807) is 27.9 Å². The van der Waals surface area contributed by atoms with Crippen LogP contribution in [0.1, 0.15) is 138 Å². The van der Waals surface area contributed by atoms with Gasteiger partial charge in [-0.2, -0.15) is 0 Å². The summed E-state index contributed by atoms with van der Waals surface area (Å²) in [5.74, 6) is 107. The topological polar surface area (TPSA) is 0 Å². The molecule has 0 bridgehead atoms. The zero-order valence-corrected chi connectivity index (χ0v) is 62.1. The number of hydrogen-bond donors (Lipinski definition) is 0. The van der Waals surface area contributed by atoms with E-state index in [0.717, 1.165) is 132 Å². The third-order valence-corrected chi connectivity index (χ3v) is 19.6. The van der Waals surface area contributed by atoms with Gasteiger partial charge in [-0.05, 0) is 387 Å². The molecule has 0 atom stereocenters. The molecule has 0 saturated heterocycles. The number of rotatable bonds is 6. The van der Waals surface area contributed by atoms with Gasteiger partial charge in [0, 0.05) is 89.7 Å². The molecule has 0 aliphatic heterocycles. The second-order valence-corrected chi connectivity index (χ2v) is 24.7. The summed E-state index contributed by atoms with van der Waals surface area (Å²) in [4.78, 5) is 0. The molecule has 0 aliphatic rings. The van der Waals surface area contributed by atoms with Crippen molar-refractivity contribution in [1.29, 1.82) is 0 Å². The lowest BCUT2D eigenvalue weighted by molar-refractivity contribution is 1.24. The van der Waals surface area contributed by atoms with E-state index in [0.29, 0.717) is 65.9 Å². The van der Waals surface area contributed by atoms with Crippen molar-refractivity contribution in [2.24, 2.45) is 0 Å². The molecular weight excluding hydrogens is 1250 g/mol. The largest absolute Gasteiger partial charge is 0.113 e. The number of benzene rings is 8. The summed E-state index contributed by atoms with van der Waals surface area (Å²) in [6.45, 7) is 34.2. The van der Waals surface area contributed by atoms with E-state index in [1.165, 1.54) is 0 Å². The van der Waals surface area contributed by atoms with Crippen molar-refractivity contribution in [3.63, 3.8) is 0 Å². The van der Waals surface area contributed by atoms with Crippen molar-refractivity contribution < 1.29 is 0 Å². The predicted octanol–water partition coefficient (Wildman–Crippen LogP) is 9.90. The first-order valence-electron chi connectivity index (χ1n) is 33.1. The van der Waals surface area contributed by atoms with E-state index < -0.39 is 19.3 Å². The van der Waals surface area contributed by atoms with Gasteiger partial charge in [-0.1, -0.05) is 80.8 Å². The molecular formula is C95H55B10. The van der Waals surface area contributed by atoms with Gasteiger partial charge in [-0.25, -0.2) is 0 Å². The van der Waals surface area contributed by atoms with E-state index in [1.807, 2.05) is 20.8 Å². The maximum atomic E-state index is 7.82. The molecule has 0 spiro atoms. The molecule has 10 heteroatoms. The molecule has 13 radical (unpaired) electrons. The van der Waals surface area contributed by atoms with Gasteiger partial charge in [0.15, 0.2) is 0 Å². The van der Waals surface area contributed by atoms with Crippen LogP contribution in [0.4, 0.5) is 0 Å². The zero-order valence-electron chi connectivity index (χ0n) is 62.1. The van der Waals surface area contributed by atoms with Gasteiger partial charge in [0.25, 0.3) is 0 Å². The van der Waals surface area contributed by atoms with Crippen LogP contribution in [0.2, 0.25) is 0 Å². The monoisotopic (exact) mass is 1310 g/mol. The Morgan fingerprint density at radius 3 is 1.02 bits per heavy atom. The maximum Gasteiger partial charge on any atom is 0.113 e. The molecule has 0 amide bonds. The smallest absolute Gasteiger partial charge is 0.106 e. The summed E-state index contributed by atoms with van der Waals surface area (Å²) in [6, 6.07) is 0. The fraction of sp³-hybridized carbons (Fsp3) is 0.179. The molecule has 0 heterocycles. The minimum absolute atomic E-state index is 0.276. The van der Waals surface area contributed by atoms with E-state index >= 15 is 0 Å². The second kappa shape index (κ2) is 34.1. The van der Waals surface area contributed by atoms with Crippen LogP contribution >= 0.6 is 0 Å². The lowest BCUT2D eigenvalue weighted by atomic mass is 8.71. The average molecular weight is 1300 g/mol. The first-order chi connectivity index (χ1) is 50.4. The predicted molar refractivity (Wildman–Crippen MR) is 458 cm³/mol. The summed E-state index contributed by atoms with van der Waals surface area (Å²) in [5.41, 5.74) is 21.0. The van der Waals surface area contributed by atoms with E-state index in [4.69, 9.17) is 72.2 Å². The number of terminal acetylenes is 4. The molecule has 0 nitrogen and oxygen atoms in total. The number of fused-ring (bicyclic) bond motifs is 6. The van der Waals surface area contributed by atoms with E-state index in [-0.39, 0.29) is 11.1 Å². The standard InChI is InChI=1S/C95H55B10/c1-22-29-35-39-41-42-45-50-57-78-80-67(17)62(12)72(51-28-7)75(52-34-27-6)87(80)88-76(55-46-33-26-5)73(53-47-38-32-25-4)74(54-48-43-37-31-24-3)77(56-49-44-40-36-30-23-2)89(88)90(78)92-83-65(15)60(10)58(8)63(13)81(83)91(82-64(14)59(9)61(11)66(16)84(82)92)86-70(20)79-68(18)69(19)95(103(104(98)99)105(100)101)71(21)85(79)93(96)94(86)102-97/h1-2,4,6H,3,5,7-21H3. The summed E-state index contributed by atoms with van der Waals surface area (Å²) >= 11 is 0. The van der Waals surface area contributed by atoms with Crippen molar-refractivity contribution in [3.8, 4) is 261 Å². The molecule has 8 aromatic rings. The highest BCUT2D eigenvalue weighted by molar-refractivity contribution is 7.84. The molecule has 465 valence electrons. The summed E-state index contributed by atoms with van der Waals surface area (Å²) < 4.78 is 0. The second-order valence-electron chi connectivity index (χ2n) is 24.7. The van der Waals surface area contributed by atoms with Crippen LogP contribution in [-0.2, 0) is 0 Å². The Labute approximate surface area is 634 Å². The highest BCUT2D eigenvalue weighted by Gasteiger charge is 2.36. The normalized spacial score (nSPS) is 9.11. The van der Waals surface area contributed by atoms with E-state index in [2.05, 4.69) is 289 Å². The summed E-state index contributed by atoms with van der Waals surface area (Å²) in [6.07, 6.45) is 21.2. The van der Waals surface area contributed by atoms with Crippen molar-refractivity contribution in [2.45, 2.75) is 118 Å². The molecule has 105 heavy (non-hydrogen) atoms. The zero-order chi connectivity index (χ0) is 76.8. The van der Waals surface area contributed by atoms with Gasteiger partial charge in [0.2, 0.25) is 0 Å². The molecule has 0 unspecified atom stereocenters. The van der Waals surface area contributed by atoms with Crippen LogP contribution < -0.4 is 16.4 Å². The fourth-order valence-corrected chi connectivity index (χ4v) is 14.3. The van der Waals surface area contributed by atoms with Gasteiger partial charge < -0.3 is 0 Å². The highest BCUT2D eigenvalue weighted by atomic mass is 14.4. The number of aryl methyl sites for hydroxylation is 8. The average Bonchev–Trinajstić information content (AvgIpc) is 0.679. The Morgan fingerprint density at radius 1 is 0.257 bits per heavy atom. The Kier molecular flexibility index (Phi) is 25.2. The van der Waals surface area contributed by atoms with Crippen LogP contribution in [0.5, 0.6) is 0 Å². The first kappa shape index (κ1) is 77.6. The molecule has 0 aromatic heterocycles. The molecule has 8 aromatic carbocycles. The Hall–Kier alpha value is -13.1. The maximum absolute atomic E-state index is 7.82. The quantitative estimate of drug-likeness (QED) is 0.0674. The minimum Gasteiger partial charge on any atom is -0.106 e. The fourth-order valence-electron chi connectivity index (χ4n) is 14.3. The van der Waals surface area contributed by atoms with Gasteiger partial charge in [-0.15, -0.1) is 31.6 Å². The summed E-state index contributed by atoms with van der Waals surface area (Å²) in [7, 11) is 42.9. The van der Waals surface area contributed by atoms with Crippen LogP contribution in [-0.4, -0.2) is 73.0 Å². The van der Waals surface area contributed by atoms with Gasteiger partial charge in [0.05, 0.1) is 41.5 Å². The molecule has 0 fully saturated rings. The van der Waals surface area contributed by atoms with Crippen molar-refractivity contribution in [3.05, 3.63) is 117 Å². The Balaban J connectivity index is 2.04. The van der Waals surface area contributed by atoms with Gasteiger partial charge in [-0.3, -0.25) is 0 Å². The Morgan fingerprint density at radius 2 is 0.590 bits per heavy atom. The molecule has 0 N–H and O–H groups in total. The van der Waals surface area contributed by atoms with Crippen LogP contribution in [0.15, 0.2) is 0 Å². The van der Waals surface area contributed by atoms with Crippen LogP contribution in [0.25, 0.3) is 76.1 Å². The number of hydrogen-bond acceptors (Lipinski definition) is 0. The molecule has 0 aliphatic carbocycles. The van der Waals surface area contributed by atoms with Crippen LogP contribution in [0, 0.1) is 336 Å². The third-order valence-electron chi connectivity index (χ3n) is 19.6. The third kappa shape index (κ3) is 14.3. The van der Waals surface area contributed by atoms with Crippen molar-refractivity contribution in [1.82, 2.24) is 0 Å². The summed E-state index contributed by atoms with van der Waals surface area (Å²) in [5, 5.41) is 7.44. The SMILES string of the molecule is [B][B]c1c(-c2c3c(C)c(C)c(C)c(C)c3c(-c3c(C#CC#CC#CC#CC#C)c4c(C)c(C)c(C#CC)c(C#CC#C)c4c4c(C#CC#CC)c(C#CC#CC#C)c(C#CC#CC#CC)c(C#CC#CC#CC#C)c34)c3c(C)c(C)c(C)c(C)c23)c(C)c2c(C)c(C)c(B(B([B])[B])B([B])[B])c(C)c2c1[B]. The van der Waals surface area contributed by atoms with Crippen LogP contribution in [0.3, 0.4) is 0 Å². The van der Waals surface area contributed by atoms with Gasteiger partial charge >= 0.3 is 0 Å². The Bertz CT molecular complexity index is 6600. The molecule has 0 saturated carbocycles. The minimum atomic E-state index is -0.892. The van der Waals surface area contributed by atoms with E-state index in [9.17, 15) is 0 Å². The first-order valence-corrected chi connectivity index (χ1v) is 33.1. The molecule has 8 rings (SSSR count).